The minimum absolute atomic E-state index is 0.191. The van der Waals surface area contributed by atoms with Gasteiger partial charge in [-0.1, -0.05) is 30.3 Å². The SMILES string of the molecule is NCCn1c2c(cnc3c2cnn3Cc2ccccc2)c(=O)n2nccc12. The molecule has 0 amide bonds. The Morgan fingerprint density at radius 2 is 1.85 bits per heavy atom. The monoisotopic (exact) mass is 359 g/mol. The van der Waals surface area contributed by atoms with Crippen LogP contribution in [0.2, 0.25) is 0 Å². The summed E-state index contributed by atoms with van der Waals surface area (Å²) < 4.78 is 5.25. The fourth-order valence-corrected chi connectivity index (χ4v) is 3.57. The Morgan fingerprint density at radius 3 is 2.67 bits per heavy atom. The Bertz CT molecular complexity index is 1330. The predicted octanol–water partition coefficient (Wildman–Crippen LogP) is 1.40. The molecule has 0 unspecified atom stereocenters. The summed E-state index contributed by atoms with van der Waals surface area (Å²) in [6, 6.07) is 11.9. The minimum atomic E-state index is -0.191. The quantitative estimate of drug-likeness (QED) is 0.523. The number of fused-ring (bicyclic) bond motifs is 4. The van der Waals surface area contributed by atoms with E-state index >= 15 is 0 Å². The highest BCUT2D eigenvalue weighted by Crippen LogP contribution is 2.23. The van der Waals surface area contributed by atoms with Crippen LogP contribution in [-0.2, 0) is 13.1 Å². The van der Waals surface area contributed by atoms with Crippen molar-refractivity contribution < 1.29 is 0 Å². The molecule has 1 aromatic carbocycles. The first-order chi connectivity index (χ1) is 13.3. The van der Waals surface area contributed by atoms with Gasteiger partial charge in [0, 0.05) is 25.4 Å². The van der Waals surface area contributed by atoms with Gasteiger partial charge in [-0.15, -0.1) is 0 Å². The Kier molecular flexibility index (Phi) is 3.51. The fourth-order valence-electron chi connectivity index (χ4n) is 3.57. The predicted molar refractivity (Wildman–Crippen MR) is 103 cm³/mol. The Hall–Kier alpha value is -3.52. The van der Waals surface area contributed by atoms with Gasteiger partial charge < -0.3 is 10.3 Å². The lowest BCUT2D eigenvalue weighted by Crippen LogP contribution is -2.22. The summed E-state index contributed by atoms with van der Waals surface area (Å²) in [5.41, 5.74) is 9.02. The minimum Gasteiger partial charge on any atom is -0.329 e. The highest BCUT2D eigenvalue weighted by atomic mass is 16.1. The van der Waals surface area contributed by atoms with Crippen molar-refractivity contribution in [1.82, 2.24) is 28.9 Å². The number of hydrogen-bond donors (Lipinski definition) is 1. The molecular weight excluding hydrogens is 342 g/mol. The van der Waals surface area contributed by atoms with Crippen LogP contribution >= 0.6 is 0 Å². The molecule has 134 valence electrons. The molecule has 0 aliphatic heterocycles. The maximum absolute atomic E-state index is 12.8. The molecule has 8 nitrogen and oxygen atoms in total. The molecule has 0 saturated heterocycles. The summed E-state index contributed by atoms with van der Waals surface area (Å²) in [6.45, 7) is 1.62. The second kappa shape index (κ2) is 6.03. The van der Waals surface area contributed by atoms with Crippen LogP contribution in [0.3, 0.4) is 0 Å². The van der Waals surface area contributed by atoms with Gasteiger partial charge in [-0.2, -0.15) is 14.7 Å². The van der Waals surface area contributed by atoms with Crippen LogP contribution in [0.25, 0.3) is 27.6 Å². The van der Waals surface area contributed by atoms with Gasteiger partial charge in [-0.05, 0) is 5.56 Å². The van der Waals surface area contributed by atoms with E-state index in [2.05, 4.69) is 27.3 Å². The normalized spacial score (nSPS) is 11.7. The van der Waals surface area contributed by atoms with Crippen LogP contribution in [0, 0.1) is 0 Å². The fraction of sp³-hybridized carbons (Fsp3) is 0.158. The number of rotatable bonds is 4. The lowest BCUT2D eigenvalue weighted by atomic mass is 10.2. The largest absolute Gasteiger partial charge is 0.329 e. The smallest absolute Gasteiger partial charge is 0.283 e. The van der Waals surface area contributed by atoms with Crippen LogP contribution in [0.15, 0.2) is 59.8 Å². The third-order valence-corrected chi connectivity index (χ3v) is 4.76. The van der Waals surface area contributed by atoms with Gasteiger partial charge in [0.15, 0.2) is 5.65 Å². The Morgan fingerprint density at radius 1 is 1.00 bits per heavy atom. The van der Waals surface area contributed by atoms with E-state index < -0.39 is 0 Å². The van der Waals surface area contributed by atoms with Crippen molar-refractivity contribution in [2.24, 2.45) is 5.73 Å². The molecular formula is C19H17N7O. The second-order valence-corrected chi connectivity index (χ2v) is 6.39. The summed E-state index contributed by atoms with van der Waals surface area (Å²) in [7, 11) is 0. The number of pyridine rings is 1. The molecule has 8 heteroatoms. The zero-order valence-corrected chi connectivity index (χ0v) is 14.5. The zero-order chi connectivity index (χ0) is 18.4. The highest BCUT2D eigenvalue weighted by molar-refractivity contribution is 6.02. The van der Waals surface area contributed by atoms with Gasteiger partial charge in [-0.3, -0.25) is 4.79 Å². The first-order valence-electron chi connectivity index (χ1n) is 8.72. The summed E-state index contributed by atoms with van der Waals surface area (Å²) in [6.07, 6.45) is 5.00. The molecule has 0 fully saturated rings. The third-order valence-electron chi connectivity index (χ3n) is 4.76. The summed E-state index contributed by atoms with van der Waals surface area (Å²) >= 11 is 0. The first-order valence-corrected chi connectivity index (χ1v) is 8.72. The number of aromatic nitrogens is 6. The van der Waals surface area contributed by atoms with E-state index in [1.807, 2.05) is 33.5 Å². The molecule has 5 rings (SSSR count). The molecule has 4 aromatic heterocycles. The second-order valence-electron chi connectivity index (χ2n) is 6.39. The molecule has 0 radical (unpaired) electrons. The Balaban J connectivity index is 1.82. The molecule has 0 saturated carbocycles. The molecule has 2 N–H and O–H groups in total. The molecule has 5 aromatic rings. The van der Waals surface area contributed by atoms with Gasteiger partial charge in [-0.25, -0.2) is 9.67 Å². The standard InChI is InChI=1S/C19H17N7O/c20-7-9-24-16-6-8-22-26(16)19(27)15-10-21-18-14(17(15)24)11-23-25(18)12-13-4-2-1-3-5-13/h1-6,8,10-11H,7,9,12,20H2. The van der Waals surface area contributed by atoms with Crippen molar-refractivity contribution in [2.75, 3.05) is 6.54 Å². The zero-order valence-electron chi connectivity index (χ0n) is 14.5. The number of nitrogens with zero attached hydrogens (tertiary/aromatic N) is 6. The van der Waals surface area contributed by atoms with Crippen LogP contribution in [-0.4, -0.2) is 35.5 Å². The van der Waals surface area contributed by atoms with Crippen molar-refractivity contribution in [1.29, 1.82) is 0 Å². The van der Waals surface area contributed by atoms with E-state index in [1.54, 1.807) is 18.6 Å². The lowest BCUT2D eigenvalue weighted by Gasteiger charge is -2.13. The van der Waals surface area contributed by atoms with Gasteiger partial charge >= 0.3 is 0 Å². The topological polar surface area (TPSA) is 96.0 Å². The Labute approximate surface area is 153 Å². The van der Waals surface area contributed by atoms with E-state index in [-0.39, 0.29) is 5.56 Å². The summed E-state index contributed by atoms with van der Waals surface area (Å²) in [4.78, 5) is 17.4. The molecule has 4 heterocycles. The van der Waals surface area contributed by atoms with Crippen molar-refractivity contribution in [3.05, 3.63) is 70.9 Å². The van der Waals surface area contributed by atoms with Crippen LogP contribution in [0.4, 0.5) is 0 Å². The van der Waals surface area contributed by atoms with Crippen LogP contribution in [0.1, 0.15) is 5.56 Å². The molecule has 0 aliphatic rings. The van der Waals surface area contributed by atoms with E-state index in [0.717, 1.165) is 22.1 Å². The van der Waals surface area contributed by atoms with Crippen molar-refractivity contribution in [3.63, 3.8) is 0 Å². The molecule has 0 spiro atoms. The maximum atomic E-state index is 12.8. The number of benzene rings is 1. The molecule has 27 heavy (non-hydrogen) atoms. The average Bonchev–Trinajstić information content (AvgIpc) is 3.33. The van der Waals surface area contributed by atoms with E-state index in [1.165, 1.54) is 4.52 Å². The van der Waals surface area contributed by atoms with Gasteiger partial charge in [0.1, 0.15) is 5.65 Å². The van der Waals surface area contributed by atoms with Crippen molar-refractivity contribution >= 4 is 27.6 Å². The lowest BCUT2D eigenvalue weighted by molar-refractivity contribution is 0.704. The molecule has 0 bridgehead atoms. The van der Waals surface area contributed by atoms with Crippen molar-refractivity contribution in [3.8, 4) is 0 Å². The summed E-state index contributed by atoms with van der Waals surface area (Å²) in [5, 5.41) is 10.0. The van der Waals surface area contributed by atoms with Gasteiger partial charge in [0.05, 0.1) is 35.2 Å². The van der Waals surface area contributed by atoms with Crippen LogP contribution < -0.4 is 11.3 Å². The van der Waals surface area contributed by atoms with E-state index in [4.69, 9.17) is 5.73 Å². The number of nitrogens with two attached hydrogens (primary N) is 1. The van der Waals surface area contributed by atoms with Crippen LogP contribution in [0.5, 0.6) is 0 Å². The third kappa shape index (κ3) is 2.34. The highest BCUT2D eigenvalue weighted by Gasteiger charge is 2.17. The molecule has 0 aliphatic carbocycles. The summed E-state index contributed by atoms with van der Waals surface area (Å²) in [5.74, 6) is 0. The number of hydrogen-bond acceptors (Lipinski definition) is 5. The van der Waals surface area contributed by atoms with E-state index in [0.29, 0.717) is 30.7 Å². The maximum Gasteiger partial charge on any atom is 0.283 e. The van der Waals surface area contributed by atoms with Crippen molar-refractivity contribution in [2.45, 2.75) is 13.1 Å². The van der Waals surface area contributed by atoms with Gasteiger partial charge in [0.25, 0.3) is 5.56 Å². The molecule has 0 atom stereocenters. The van der Waals surface area contributed by atoms with Gasteiger partial charge in [0.2, 0.25) is 0 Å². The first kappa shape index (κ1) is 15.7. The van der Waals surface area contributed by atoms with E-state index in [9.17, 15) is 4.79 Å². The average molecular weight is 359 g/mol.